The predicted molar refractivity (Wildman–Crippen MR) is 60.3 cm³/mol. The first-order chi connectivity index (χ1) is 7.16. The summed E-state index contributed by atoms with van der Waals surface area (Å²) in [6, 6.07) is 0. The van der Waals surface area contributed by atoms with E-state index in [2.05, 4.69) is 23.6 Å². The lowest BCUT2D eigenvalue weighted by Crippen LogP contribution is -2.49. The maximum Gasteiger partial charge on any atom is 0.225 e. The van der Waals surface area contributed by atoms with E-state index in [-0.39, 0.29) is 0 Å². The summed E-state index contributed by atoms with van der Waals surface area (Å²) >= 11 is 0. The number of carbonyl (C=O) groups excluding carboxylic acids is 1. The van der Waals surface area contributed by atoms with Crippen molar-refractivity contribution in [2.75, 3.05) is 32.7 Å². The fraction of sp³-hybridized carbons (Fsp3) is 0.833. The molecule has 2 fully saturated rings. The summed E-state index contributed by atoms with van der Waals surface area (Å²) in [5, 5.41) is 0. The third kappa shape index (κ3) is 2.94. The van der Waals surface area contributed by atoms with Crippen molar-refractivity contribution in [2.45, 2.75) is 26.7 Å². The fourth-order valence-electron chi connectivity index (χ4n) is 2.16. The van der Waals surface area contributed by atoms with Crippen LogP contribution in [-0.2, 0) is 4.79 Å². The van der Waals surface area contributed by atoms with Gasteiger partial charge in [-0.05, 0) is 18.8 Å². The van der Waals surface area contributed by atoms with Crippen LogP contribution in [-0.4, -0.2) is 48.4 Å². The van der Waals surface area contributed by atoms with Crippen molar-refractivity contribution in [3.63, 3.8) is 0 Å². The average molecular weight is 209 g/mol. The standard InChI is InChI=1S/C12H21N2O/c1-10(2)9-13-5-7-14(8-6-13)12(15)11-3-4-11/h11H,3-9H2,1-2H3. The average Bonchev–Trinajstić information content (AvgIpc) is 3.00. The number of hydrogen-bond donors (Lipinski definition) is 0. The number of carbonyl (C=O) groups is 1. The summed E-state index contributed by atoms with van der Waals surface area (Å²) in [6.45, 7) is 9.38. The number of hydrogen-bond acceptors (Lipinski definition) is 2. The van der Waals surface area contributed by atoms with Crippen LogP contribution in [0, 0.1) is 11.8 Å². The number of nitrogens with zero attached hydrogens (tertiary/aromatic N) is 2. The van der Waals surface area contributed by atoms with Crippen molar-refractivity contribution < 1.29 is 4.79 Å². The molecule has 0 atom stereocenters. The molecule has 0 aromatic carbocycles. The minimum Gasteiger partial charge on any atom is -0.340 e. The van der Waals surface area contributed by atoms with Crippen LogP contribution >= 0.6 is 0 Å². The van der Waals surface area contributed by atoms with Gasteiger partial charge in [-0.2, -0.15) is 0 Å². The third-order valence-electron chi connectivity index (χ3n) is 3.15. The molecule has 0 spiro atoms. The second kappa shape index (κ2) is 4.52. The Balaban J connectivity index is 1.73. The molecule has 1 aliphatic carbocycles. The highest BCUT2D eigenvalue weighted by atomic mass is 16.2. The van der Waals surface area contributed by atoms with Gasteiger partial charge in [0.2, 0.25) is 5.91 Å². The van der Waals surface area contributed by atoms with Crippen LogP contribution in [0.5, 0.6) is 0 Å². The van der Waals surface area contributed by atoms with Crippen LogP contribution in [0.1, 0.15) is 26.7 Å². The van der Waals surface area contributed by atoms with Gasteiger partial charge in [0.05, 0.1) is 0 Å². The Labute approximate surface area is 92.4 Å². The number of rotatable bonds is 3. The molecule has 3 nitrogen and oxygen atoms in total. The second-order valence-corrected chi connectivity index (χ2v) is 5.08. The van der Waals surface area contributed by atoms with E-state index in [4.69, 9.17) is 0 Å². The van der Waals surface area contributed by atoms with E-state index in [1.54, 1.807) is 0 Å². The van der Waals surface area contributed by atoms with Gasteiger partial charge in [-0.15, -0.1) is 0 Å². The molecule has 1 aliphatic heterocycles. The van der Waals surface area contributed by atoms with Crippen LogP contribution < -0.4 is 0 Å². The normalized spacial score (nSPS) is 23.5. The molecule has 1 radical (unpaired) electrons. The van der Waals surface area contributed by atoms with Crippen molar-refractivity contribution in [1.82, 2.24) is 9.80 Å². The van der Waals surface area contributed by atoms with Crippen molar-refractivity contribution in [1.29, 1.82) is 0 Å². The highest BCUT2D eigenvalue weighted by molar-refractivity contribution is 5.81. The molecule has 3 heteroatoms. The molecule has 2 aliphatic rings. The van der Waals surface area contributed by atoms with Gasteiger partial charge in [0.15, 0.2) is 0 Å². The Hall–Kier alpha value is -0.570. The monoisotopic (exact) mass is 209 g/mol. The van der Waals surface area contributed by atoms with Crippen molar-refractivity contribution in [2.24, 2.45) is 5.92 Å². The molecular formula is C12H21N2O. The van der Waals surface area contributed by atoms with Crippen molar-refractivity contribution in [3.8, 4) is 0 Å². The molecule has 15 heavy (non-hydrogen) atoms. The quantitative estimate of drug-likeness (QED) is 0.696. The van der Waals surface area contributed by atoms with Gasteiger partial charge >= 0.3 is 0 Å². The Morgan fingerprint density at radius 1 is 1.13 bits per heavy atom. The van der Waals surface area contributed by atoms with Gasteiger partial charge in [0, 0.05) is 38.6 Å². The zero-order chi connectivity index (χ0) is 10.8. The molecule has 0 N–H and O–H groups in total. The highest BCUT2D eigenvalue weighted by Gasteiger charge is 2.34. The number of amides is 1. The first-order valence-electron chi connectivity index (χ1n) is 5.97. The molecule has 1 saturated heterocycles. The van der Waals surface area contributed by atoms with E-state index < -0.39 is 0 Å². The molecular weight excluding hydrogens is 188 g/mol. The summed E-state index contributed by atoms with van der Waals surface area (Å²) in [5.74, 6) is 2.25. The van der Waals surface area contributed by atoms with Crippen molar-refractivity contribution >= 4 is 5.91 Å². The summed E-state index contributed by atoms with van der Waals surface area (Å²) in [4.78, 5) is 16.3. The Bertz CT molecular complexity index is 228. The lowest BCUT2D eigenvalue weighted by Gasteiger charge is -2.35. The summed E-state index contributed by atoms with van der Waals surface area (Å²) in [7, 11) is 0. The van der Waals surface area contributed by atoms with E-state index in [1.807, 2.05) is 0 Å². The van der Waals surface area contributed by atoms with E-state index in [0.29, 0.717) is 11.8 Å². The smallest absolute Gasteiger partial charge is 0.225 e. The molecule has 2 rings (SSSR count). The van der Waals surface area contributed by atoms with Gasteiger partial charge in [0.25, 0.3) is 0 Å². The third-order valence-corrected chi connectivity index (χ3v) is 3.15. The largest absolute Gasteiger partial charge is 0.340 e. The molecule has 85 valence electrons. The van der Waals surface area contributed by atoms with Crippen LogP contribution in [0.4, 0.5) is 0 Å². The molecule has 1 heterocycles. The van der Waals surface area contributed by atoms with E-state index in [0.717, 1.165) is 45.6 Å². The van der Waals surface area contributed by atoms with Crippen LogP contribution in [0.15, 0.2) is 0 Å². The molecule has 0 aromatic heterocycles. The maximum atomic E-state index is 11.8. The SMILES string of the molecule is C[C](C)CN1CCN(C(=O)C2CC2)CC1. The maximum absolute atomic E-state index is 11.8. The Kier molecular flexibility index (Phi) is 3.29. The fourth-order valence-corrected chi connectivity index (χ4v) is 2.16. The van der Waals surface area contributed by atoms with Crippen LogP contribution in [0.2, 0.25) is 0 Å². The molecule has 1 amide bonds. The topological polar surface area (TPSA) is 23.6 Å². The van der Waals surface area contributed by atoms with E-state index >= 15 is 0 Å². The second-order valence-electron chi connectivity index (χ2n) is 5.08. The zero-order valence-corrected chi connectivity index (χ0v) is 9.83. The van der Waals surface area contributed by atoms with Crippen molar-refractivity contribution in [3.05, 3.63) is 5.92 Å². The van der Waals surface area contributed by atoms with Gasteiger partial charge < -0.3 is 4.90 Å². The van der Waals surface area contributed by atoms with Gasteiger partial charge in [0.1, 0.15) is 0 Å². The van der Waals surface area contributed by atoms with E-state index in [9.17, 15) is 4.79 Å². The highest BCUT2D eigenvalue weighted by Crippen LogP contribution is 2.31. The van der Waals surface area contributed by atoms with Crippen LogP contribution in [0.3, 0.4) is 0 Å². The number of piperazine rings is 1. The lowest BCUT2D eigenvalue weighted by atomic mass is 10.2. The van der Waals surface area contributed by atoms with Gasteiger partial charge in [-0.1, -0.05) is 13.8 Å². The van der Waals surface area contributed by atoms with Gasteiger partial charge in [-0.3, -0.25) is 9.69 Å². The minimum atomic E-state index is 0.385. The zero-order valence-electron chi connectivity index (χ0n) is 9.83. The van der Waals surface area contributed by atoms with Gasteiger partial charge in [-0.25, -0.2) is 0 Å². The first-order valence-corrected chi connectivity index (χ1v) is 5.97. The predicted octanol–water partition coefficient (Wildman–Crippen LogP) is 1.15. The lowest BCUT2D eigenvalue weighted by molar-refractivity contribution is -0.134. The van der Waals surface area contributed by atoms with E-state index in [1.165, 1.54) is 5.92 Å². The summed E-state index contributed by atoms with van der Waals surface area (Å²) in [5.41, 5.74) is 0. The molecule has 0 aromatic rings. The summed E-state index contributed by atoms with van der Waals surface area (Å²) < 4.78 is 0. The minimum absolute atomic E-state index is 0.385. The summed E-state index contributed by atoms with van der Waals surface area (Å²) in [6.07, 6.45) is 2.25. The first kappa shape index (κ1) is 10.9. The van der Waals surface area contributed by atoms with Crippen LogP contribution in [0.25, 0.3) is 0 Å². The molecule has 1 saturated carbocycles. The Morgan fingerprint density at radius 3 is 2.20 bits per heavy atom. The molecule has 0 bridgehead atoms. The molecule has 0 unspecified atom stereocenters. The Morgan fingerprint density at radius 2 is 1.73 bits per heavy atom.